The fourth-order valence-electron chi connectivity index (χ4n) is 2.07. The Morgan fingerprint density at radius 2 is 1.68 bits per heavy atom. The number of anilines is 1. The van der Waals surface area contributed by atoms with E-state index in [4.69, 9.17) is 11.6 Å². The molecule has 1 heterocycles. The van der Waals surface area contributed by atoms with Crippen LogP contribution in [0.3, 0.4) is 0 Å². The molecule has 0 spiro atoms. The van der Waals surface area contributed by atoms with Crippen LogP contribution < -0.4 is 10.0 Å². The summed E-state index contributed by atoms with van der Waals surface area (Å²) in [6.07, 6.45) is -0.561. The van der Waals surface area contributed by atoms with Crippen LogP contribution in [0.15, 0.2) is 53.4 Å². The van der Waals surface area contributed by atoms with Crippen LogP contribution in [-0.2, 0) is 10.0 Å². The Bertz CT molecular complexity index is 731. The van der Waals surface area contributed by atoms with Crippen molar-refractivity contribution in [1.29, 1.82) is 0 Å². The summed E-state index contributed by atoms with van der Waals surface area (Å²) in [5.41, 5.74) is 1.27. The molecule has 98 valence electrons. The molecule has 3 rings (SSSR count). The van der Waals surface area contributed by atoms with Gasteiger partial charge < -0.3 is 5.32 Å². The number of nitrogens with one attached hydrogen (secondary N) is 2. The van der Waals surface area contributed by atoms with Gasteiger partial charge in [-0.05, 0) is 18.2 Å². The summed E-state index contributed by atoms with van der Waals surface area (Å²) in [6, 6.07) is 13.9. The minimum absolute atomic E-state index is 0.248. The maximum absolute atomic E-state index is 12.2. The van der Waals surface area contributed by atoms with Gasteiger partial charge in [0.15, 0.2) is 0 Å². The van der Waals surface area contributed by atoms with Crippen LogP contribution in [0.1, 0.15) is 11.7 Å². The number of sulfonamides is 1. The fourth-order valence-corrected chi connectivity index (χ4v) is 3.62. The lowest BCUT2D eigenvalue weighted by Crippen LogP contribution is -2.38. The molecular formula is C13H11ClN2O2S. The lowest BCUT2D eigenvalue weighted by atomic mass is 10.1. The molecule has 2 aromatic carbocycles. The van der Waals surface area contributed by atoms with Crippen LogP contribution in [0, 0.1) is 0 Å². The normalized spacial score (nSPS) is 20.4. The van der Waals surface area contributed by atoms with Crippen molar-refractivity contribution >= 4 is 27.3 Å². The molecule has 6 heteroatoms. The summed E-state index contributed by atoms with van der Waals surface area (Å²) >= 11 is 6.10. The number of para-hydroxylation sites is 1. The quantitative estimate of drug-likeness (QED) is 0.850. The summed E-state index contributed by atoms with van der Waals surface area (Å²) in [6.45, 7) is 0. The van der Waals surface area contributed by atoms with E-state index < -0.39 is 16.2 Å². The molecule has 0 fully saturated rings. The molecule has 19 heavy (non-hydrogen) atoms. The van der Waals surface area contributed by atoms with E-state index in [1.54, 1.807) is 42.5 Å². The third-order valence-electron chi connectivity index (χ3n) is 2.97. The maximum Gasteiger partial charge on any atom is 0.244 e. The third-order valence-corrected chi connectivity index (χ3v) is 4.79. The Morgan fingerprint density at radius 1 is 1.00 bits per heavy atom. The van der Waals surface area contributed by atoms with Gasteiger partial charge in [-0.2, -0.15) is 4.72 Å². The number of benzene rings is 2. The first kappa shape index (κ1) is 12.5. The van der Waals surface area contributed by atoms with Crippen LogP contribution in [0.5, 0.6) is 0 Å². The standard InChI is InChI=1S/C13H11ClN2O2S/c14-10-6-2-1-5-9(10)13-15-11-7-3-4-8-12(11)19(17,18)16-13/h1-8,13,15-16H/t13-/m0/s1. The molecule has 0 saturated heterocycles. The number of hydrogen-bond acceptors (Lipinski definition) is 3. The summed E-state index contributed by atoms with van der Waals surface area (Å²) in [5, 5.41) is 3.65. The highest BCUT2D eigenvalue weighted by molar-refractivity contribution is 7.89. The Labute approximate surface area is 116 Å². The van der Waals surface area contributed by atoms with Crippen molar-refractivity contribution in [3.63, 3.8) is 0 Å². The highest BCUT2D eigenvalue weighted by Gasteiger charge is 2.30. The summed E-state index contributed by atoms with van der Waals surface area (Å²) in [5.74, 6) is 0. The molecule has 0 radical (unpaired) electrons. The molecule has 2 N–H and O–H groups in total. The zero-order valence-corrected chi connectivity index (χ0v) is 11.4. The minimum Gasteiger partial charge on any atom is -0.364 e. The summed E-state index contributed by atoms with van der Waals surface area (Å²) < 4.78 is 26.9. The second kappa shape index (κ2) is 4.52. The molecule has 1 atom stereocenters. The van der Waals surface area contributed by atoms with Crippen molar-refractivity contribution in [3.8, 4) is 0 Å². The maximum atomic E-state index is 12.2. The van der Waals surface area contributed by atoms with Gasteiger partial charge in [0, 0.05) is 10.6 Å². The van der Waals surface area contributed by atoms with Crippen molar-refractivity contribution in [3.05, 3.63) is 59.1 Å². The van der Waals surface area contributed by atoms with Crippen LogP contribution in [0.25, 0.3) is 0 Å². The fraction of sp³-hybridized carbons (Fsp3) is 0.0769. The number of halogens is 1. The Balaban J connectivity index is 2.09. The van der Waals surface area contributed by atoms with Crippen LogP contribution in [0.4, 0.5) is 5.69 Å². The molecule has 0 aliphatic carbocycles. The summed E-state index contributed by atoms with van der Waals surface area (Å²) in [7, 11) is -3.53. The van der Waals surface area contributed by atoms with E-state index in [9.17, 15) is 8.42 Å². The zero-order chi connectivity index (χ0) is 13.5. The molecule has 0 saturated carbocycles. The molecule has 0 amide bonds. The molecule has 0 aromatic heterocycles. The Hall–Kier alpha value is -1.56. The number of rotatable bonds is 1. The zero-order valence-electron chi connectivity index (χ0n) is 9.80. The second-order valence-corrected chi connectivity index (χ2v) is 6.31. The van der Waals surface area contributed by atoms with Crippen molar-refractivity contribution in [2.24, 2.45) is 0 Å². The van der Waals surface area contributed by atoms with Crippen molar-refractivity contribution in [1.82, 2.24) is 4.72 Å². The van der Waals surface area contributed by atoms with Gasteiger partial charge in [-0.3, -0.25) is 0 Å². The lowest BCUT2D eigenvalue weighted by molar-refractivity contribution is 0.562. The van der Waals surface area contributed by atoms with Crippen molar-refractivity contribution in [2.45, 2.75) is 11.1 Å². The van der Waals surface area contributed by atoms with E-state index in [-0.39, 0.29) is 4.90 Å². The van der Waals surface area contributed by atoms with E-state index in [1.807, 2.05) is 6.07 Å². The second-order valence-electron chi connectivity index (χ2n) is 4.22. The molecule has 0 bridgehead atoms. The van der Waals surface area contributed by atoms with Crippen LogP contribution in [0.2, 0.25) is 5.02 Å². The average Bonchev–Trinajstić information content (AvgIpc) is 2.38. The van der Waals surface area contributed by atoms with Gasteiger partial charge in [0.05, 0.1) is 5.69 Å². The van der Waals surface area contributed by atoms with E-state index in [2.05, 4.69) is 10.0 Å². The lowest BCUT2D eigenvalue weighted by Gasteiger charge is -2.28. The van der Waals surface area contributed by atoms with Crippen molar-refractivity contribution < 1.29 is 8.42 Å². The monoisotopic (exact) mass is 294 g/mol. The van der Waals surface area contributed by atoms with Gasteiger partial charge >= 0.3 is 0 Å². The van der Waals surface area contributed by atoms with Gasteiger partial charge in [-0.25, -0.2) is 8.42 Å². The van der Waals surface area contributed by atoms with E-state index in [1.165, 1.54) is 0 Å². The van der Waals surface area contributed by atoms with Gasteiger partial charge in [0.1, 0.15) is 11.1 Å². The number of fused-ring (bicyclic) bond motifs is 1. The summed E-state index contributed by atoms with van der Waals surface area (Å²) in [4.78, 5) is 0.248. The number of hydrogen-bond donors (Lipinski definition) is 2. The Kier molecular flexibility index (Phi) is 2.97. The first-order chi connectivity index (χ1) is 9.08. The molecule has 1 aliphatic rings. The highest BCUT2D eigenvalue weighted by Crippen LogP contribution is 2.32. The van der Waals surface area contributed by atoms with E-state index in [0.29, 0.717) is 16.3 Å². The largest absolute Gasteiger partial charge is 0.364 e. The topological polar surface area (TPSA) is 58.2 Å². The molecule has 4 nitrogen and oxygen atoms in total. The predicted molar refractivity (Wildman–Crippen MR) is 74.6 cm³/mol. The van der Waals surface area contributed by atoms with Crippen molar-refractivity contribution in [2.75, 3.05) is 5.32 Å². The molecule has 1 aliphatic heterocycles. The SMILES string of the molecule is O=S1(=O)N[C@@H](c2ccccc2Cl)Nc2ccccc21. The van der Waals surface area contributed by atoms with Gasteiger partial charge in [-0.15, -0.1) is 0 Å². The molecule has 0 unspecified atom stereocenters. The van der Waals surface area contributed by atoms with Crippen LogP contribution >= 0.6 is 11.6 Å². The first-order valence-electron chi connectivity index (χ1n) is 5.70. The predicted octanol–water partition coefficient (Wildman–Crippen LogP) is 2.74. The van der Waals surface area contributed by atoms with E-state index >= 15 is 0 Å². The first-order valence-corrected chi connectivity index (χ1v) is 7.56. The minimum atomic E-state index is -3.53. The molecule has 2 aromatic rings. The van der Waals surface area contributed by atoms with E-state index in [0.717, 1.165) is 0 Å². The van der Waals surface area contributed by atoms with Gasteiger partial charge in [0.25, 0.3) is 0 Å². The van der Waals surface area contributed by atoms with Gasteiger partial charge in [0.2, 0.25) is 10.0 Å². The van der Waals surface area contributed by atoms with Gasteiger partial charge in [-0.1, -0.05) is 41.9 Å². The van der Waals surface area contributed by atoms with Crippen LogP contribution in [-0.4, -0.2) is 8.42 Å². The smallest absolute Gasteiger partial charge is 0.244 e. The highest BCUT2D eigenvalue weighted by atomic mass is 35.5. The average molecular weight is 295 g/mol. The Morgan fingerprint density at radius 3 is 2.47 bits per heavy atom. The third kappa shape index (κ3) is 2.20. The molecular weight excluding hydrogens is 284 g/mol.